The summed E-state index contributed by atoms with van der Waals surface area (Å²) >= 11 is 0. The average molecular weight is 432 g/mol. The SMILES string of the molecule is CCC1(C)CC(OC(=O)c2cc(C(C)(C)C)c(O)c(C(C)(C)C)c2)C(C)C(C)(CC)N1. The Hall–Kier alpha value is -1.55. The maximum Gasteiger partial charge on any atom is 0.338 e. The molecule has 0 spiro atoms. The third kappa shape index (κ3) is 5.27. The molecule has 176 valence electrons. The van der Waals surface area contributed by atoms with Crippen LogP contribution < -0.4 is 5.32 Å². The quantitative estimate of drug-likeness (QED) is 0.536. The van der Waals surface area contributed by atoms with Crippen LogP contribution >= 0.6 is 0 Å². The van der Waals surface area contributed by atoms with Gasteiger partial charge in [0.2, 0.25) is 0 Å². The molecule has 31 heavy (non-hydrogen) atoms. The number of hydrogen-bond acceptors (Lipinski definition) is 4. The highest BCUT2D eigenvalue weighted by atomic mass is 16.5. The molecule has 1 aliphatic heterocycles. The Labute approximate surface area is 190 Å². The zero-order valence-corrected chi connectivity index (χ0v) is 21.7. The fourth-order valence-corrected chi connectivity index (χ4v) is 4.77. The lowest BCUT2D eigenvalue weighted by Gasteiger charge is -2.52. The van der Waals surface area contributed by atoms with E-state index in [0.717, 1.165) is 30.4 Å². The van der Waals surface area contributed by atoms with Crippen molar-refractivity contribution in [3.05, 3.63) is 28.8 Å². The molecular weight excluding hydrogens is 386 g/mol. The molecule has 1 aliphatic rings. The standard InChI is InChI=1S/C27H45NO3/c1-12-26(10)16-21(17(3)27(11,13-2)28-26)31-23(30)18-14-19(24(4,5)6)22(29)20(15-18)25(7,8)9/h14-15,17,21,28-29H,12-13,16H2,1-11H3. The van der Waals surface area contributed by atoms with Gasteiger partial charge in [-0.05, 0) is 49.7 Å². The lowest BCUT2D eigenvalue weighted by atomic mass is 9.70. The van der Waals surface area contributed by atoms with Gasteiger partial charge < -0.3 is 15.2 Å². The van der Waals surface area contributed by atoms with Gasteiger partial charge in [0.25, 0.3) is 0 Å². The van der Waals surface area contributed by atoms with Crippen molar-refractivity contribution in [3.8, 4) is 5.75 Å². The van der Waals surface area contributed by atoms with Gasteiger partial charge in [0.05, 0.1) is 5.56 Å². The maximum absolute atomic E-state index is 13.4. The highest BCUT2D eigenvalue weighted by molar-refractivity contribution is 5.90. The molecule has 1 aromatic carbocycles. The number of ether oxygens (including phenoxy) is 1. The van der Waals surface area contributed by atoms with Gasteiger partial charge in [-0.1, -0.05) is 62.3 Å². The van der Waals surface area contributed by atoms with E-state index >= 15 is 0 Å². The summed E-state index contributed by atoms with van der Waals surface area (Å²) in [6.45, 7) is 23.3. The molecule has 0 amide bonds. The van der Waals surface area contributed by atoms with Crippen molar-refractivity contribution in [2.75, 3.05) is 0 Å². The van der Waals surface area contributed by atoms with Gasteiger partial charge in [-0.3, -0.25) is 0 Å². The molecule has 1 fully saturated rings. The van der Waals surface area contributed by atoms with E-state index in [1.54, 1.807) is 0 Å². The van der Waals surface area contributed by atoms with Crippen LogP contribution in [-0.4, -0.2) is 28.3 Å². The number of phenolic OH excluding ortho intramolecular Hbond substituents is 1. The Bertz CT molecular complexity index is 782. The van der Waals surface area contributed by atoms with Crippen molar-refractivity contribution in [1.29, 1.82) is 0 Å². The predicted octanol–water partition coefficient (Wildman–Crippen LogP) is 6.48. The van der Waals surface area contributed by atoms with Crippen molar-refractivity contribution in [2.24, 2.45) is 5.92 Å². The second kappa shape index (κ2) is 8.42. The highest BCUT2D eigenvalue weighted by Crippen LogP contribution is 2.41. The number of rotatable bonds is 4. The summed E-state index contributed by atoms with van der Waals surface area (Å²) in [5.74, 6) is 0.179. The van der Waals surface area contributed by atoms with Gasteiger partial charge in [0.15, 0.2) is 0 Å². The second-order valence-electron chi connectivity index (χ2n) is 12.2. The Kier molecular flexibility index (Phi) is 6.98. The lowest BCUT2D eigenvalue weighted by Crippen LogP contribution is -2.66. The molecule has 2 rings (SSSR count). The number of carbonyl (C=O) groups is 1. The zero-order chi connectivity index (χ0) is 24.0. The van der Waals surface area contributed by atoms with Gasteiger partial charge in [-0.25, -0.2) is 4.79 Å². The molecule has 1 saturated heterocycles. The van der Waals surface area contributed by atoms with Crippen LogP contribution in [-0.2, 0) is 15.6 Å². The number of aromatic hydroxyl groups is 1. The molecule has 1 aromatic rings. The van der Waals surface area contributed by atoms with Crippen molar-refractivity contribution >= 4 is 5.97 Å². The predicted molar refractivity (Wildman–Crippen MR) is 129 cm³/mol. The van der Waals surface area contributed by atoms with Crippen LogP contribution in [0.15, 0.2) is 12.1 Å². The van der Waals surface area contributed by atoms with Gasteiger partial charge in [-0.15, -0.1) is 0 Å². The molecule has 0 bridgehead atoms. The molecule has 0 radical (unpaired) electrons. The molecule has 1 heterocycles. The summed E-state index contributed by atoms with van der Waals surface area (Å²) in [4.78, 5) is 13.4. The van der Waals surface area contributed by atoms with Crippen LogP contribution in [0.3, 0.4) is 0 Å². The first-order valence-corrected chi connectivity index (χ1v) is 11.9. The molecule has 2 N–H and O–H groups in total. The summed E-state index contributed by atoms with van der Waals surface area (Å²) in [7, 11) is 0. The third-order valence-electron chi connectivity index (χ3n) is 7.54. The molecule has 4 atom stereocenters. The van der Waals surface area contributed by atoms with Crippen LogP contribution in [0, 0.1) is 5.92 Å². The molecule has 4 nitrogen and oxygen atoms in total. The van der Waals surface area contributed by atoms with Crippen LogP contribution in [0.2, 0.25) is 0 Å². The number of esters is 1. The van der Waals surface area contributed by atoms with E-state index in [4.69, 9.17) is 4.74 Å². The Morgan fingerprint density at radius 1 is 1.06 bits per heavy atom. The number of carbonyl (C=O) groups excluding carboxylic acids is 1. The first-order chi connectivity index (χ1) is 14.0. The number of phenols is 1. The van der Waals surface area contributed by atoms with Crippen molar-refractivity contribution in [2.45, 2.75) is 123 Å². The van der Waals surface area contributed by atoms with E-state index < -0.39 is 0 Å². The normalized spacial score (nSPS) is 29.6. The van der Waals surface area contributed by atoms with Crippen molar-refractivity contribution in [3.63, 3.8) is 0 Å². The minimum Gasteiger partial charge on any atom is -0.507 e. The fourth-order valence-electron chi connectivity index (χ4n) is 4.77. The van der Waals surface area contributed by atoms with Crippen LogP contribution in [0.25, 0.3) is 0 Å². The number of hydrogen-bond donors (Lipinski definition) is 2. The molecule has 0 aromatic heterocycles. The van der Waals surface area contributed by atoms with Gasteiger partial charge in [0, 0.05) is 34.5 Å². The summed E-state index contributed by atoms with van der Waals surface area (Å²) in [5.41, 5.74) is 1.35. The zero-order valence-electron chi connectivity index (χ0n) is 21.7. The van der Waals surface area contributed by atoms with Crippen molar-refractivity contribution in [1.82, 2.24) is 5.32 Å². The van der Waals surface area contributed by atoms with Crippen LogP contribution in [0.1, 0.15) is 117 Å². The minimum absolute atomic E-state index is 0.0652. The Morgan fingerprint density at radius 2 is 1.55 bits per heavy atom. The summed E-state index contributed by atoms with van der Waals surface area (Å²) in [6.07, 6.45) is 2.58. The highest BCUT2D eigenvalue weighted by Gasteiger charge is 2.48. The Morgan fingerprint density at radius 3 is 1.94 bits per heavy atom. The molecule has 0 aliphatic carbocycles. The first kappa shape index (κ1) is 25.7. The van der Waals surface area contributed by atoms with E-state index in [9.17, 15) is 9.90 Å². The summed E-state index contributed by atoms with van der Waals surface area (Å²) < 4.78 is 6.20. The maximum atomic E-state index is 13.4. The monoisotopic (exact) mass is 431 g/mol. The number of benzene rings is 1. The molecule has 4 heteroatoms. The number of nitrogens with one attached hydrogen (secondary N) is 1. The smallest absolute Gasteiger partial charge is 0.338 e. The van der Waals surface area contributed by atoms with E-state index in [1.807, 2.05) is 12.1 Å². The van der Waals surface area contributed by atoms with E-state index in [2.05, 4.69) is 81.5 Å². The second-order valence-corrected chi connectivity index (χ2v) is 12.2. The summed E-state index contributed by atoms with van der Waals surface area (Å²) in [5, 5.41) is 14.8. The molecule has 0 saturated carbocycles. The van der Waals surface area contributed by atoms with Gasteiger partial charge >= 0.3 is 5.97 Å². The van der Waals surface area contributed by atoms with Gasteiger partial charge in [-0.2, -0.15) is 0 Å². The third-order valence-corrected chi connectivity index (χ3v) is 7.54. The minimum atomic E-state index is -0.299. The molecular formula is C27H45NO3. The van der Waals surface area contributed by atoms with Crippen molar-refractivity contribution < 1.29 is 14.6 Å². The van der Waals surface area contributed by atoms with Crippen LogP contribution in [0.4, 0.5) is 0 Å². The average Bonchev–Trinajstić information content (AvgIpc) is 2.64. The van der Waals surface area contributed by atoms with Crippen LogP contribution in [0.5, 0.6) is 5.75 Å². The van der Waals surface area contributed by atoms with E-state index in [1.165, 1.54) is 0 Å². The number of piperidine rings is 1. The first-order valence-electron chi connectivity index (χ1n) is 11.9. The lowest BCUT2D eigenvalue weighted by molar-refractivity contribution is -0.0485. The fraction of sp³-hybridized carbons (Fsp3) is 0.741. The Balaban J connectivity index is 2.47. The van der Waals surface area contributed by atoms with E-state index in [0.29, 0.717) is 5.56 Å². The molecule has 4 unspecified atom stereocenters. The summed E-state index contributed by atoms with van der Waals surface area (Å²) in [6, 6.07) is 3.63. The topological polar surface area (TPSA) is 58.6 Å². The van der Waals surface area contributed by atoms with Gasteiger partial charge in [0.1, 0.15) is 11.9 Å². The van der Waals surface area contributed by atoms with E-state index in [-0.39, 0.29) is 45.6 Å². The largest absolute Gasteiger partial charge is 0.507 e.